The molecule has 0 spiro atoms. The molecule has 1 aromatic rings. The van der Waals surface area contributed by atoms with Gasteiger partial charge in [-0.05, 0) is 63.1 Å². The van der Waals surface area contributed by atoms with Gasteiger partial charge < -0.3 is 9.80 Å². The maximum Gasteiger partial charge on any atom is 0.115 e. The highest BCUT2D eigenvalue weighted by molar-refractivity contribution is 7.10. The van der Waals surface area contributed by atoms with E-state index in [1.807, 2.05) is 0 Å². The molecule has 0 radical (unpaired) electrons. The average Bonchev–Trinajstić information content (AvgIpc) is 2.90. The summed E-state index contributed by atoms with van der Waals surface area (Å²) in [6.07, 6.45) is 6.91. The molecule has 2 aliphatic heterocycles. The van der Waals surface area contributed by atoms with Crippen molar-refractivity contribution in [1.29, 1.82) is 0 Å². The lowest BCUT2D eigenvalue weighted by Gasteiger charge is -2.40. The Morgan fingerprint density at radius 2 is 1.71 bits per heavy atom. The number of aromatic nitrogens is 1. The summed E-state index contributed by atoms with van der Waals surface area (Å²) in [6, 6.07) is 0.833. The minimum atomic E-state index is 0.542. The monoisotopic (exact) mass is 307 g/mol. The fraction of sp³-hybridized carbons (Fsp3) is 0.824. The fourth-order valence-electron chi connectivity index (χ4n) is 3.89. The van der Waals surface area contributed by atoms with Crippen LogP contribution < -0.4 is 4.90 Å². The molecule has 3 heterocycles. The number of anilines is 1. The molecule has 118 valence electrons. The Morgan fingerprint density at radius 3 is 2.29 bits per heavy atom. The summed E-state index contributed by atoms with van der Waals surface area (Å²) in [5.74, 6) is 0.542. The molecule has 0 N–H and O–H groups in total. The van der Waals surface area contributed by atoms with Crippen LogP contribution in [0.3, 0.4) is 0 Å². The number of likely N-dealkylation sites (tertiary alicyclic amines) is 1. The van der Waals surface area contributed by atoms with Gasteiger partial charge >= 0.3 is 0 Å². The van der Waals surface area contributed by atoms with Gasteiger partial charge in [-0.15, -0.1) is 0 Å². The first kappa shape index (κ1) is 15.3. The first-order valence-corrected chi connectivity index (χ1v) is 9.39. The Bertz CT molecular complexity index is 455. The molecule has 4 heteroatoms. The van der Waals surface area contributed by atoms with Gasteiger partial charge in [0.1, 0.15) is 5.00 Å². The zero-order chi connectivity index (χ0) is 14.8. The van der Waals surface area contributed by atoms with Gasteiger partial charge in [-0.2, -0.15) is 4.37 Å². The second-order valence-corrected chi connectivity index (χ2v) is 7.72. The molecule has 3 nitrogen and oxygen atoms in total. The molecule has 0 bridgehead atoms. The highest BCUT2D eigenvalue weighted by atomic mass is 32.1. The van der Waals surface area contributed by atoms with Crippen LogP contribution >= 0.6 is 11.5 Å². The molecule has 0 unspecified atom stereocenters. The molecule has 2 saturated heterocycles. The zero-order valence-electron chi connectivity index (χ0n) is 13.8. The van der Waals surface area contributed by atoms with Crippen molar-refractivity contribution in [3.05, 3.63) is 11.3 Å². The first-order valence-electron chi connectivity index (χ1n) is 8.62. The zero-order valence-corrected chi connectivity index (χ0v) is 14.6. The van der Waals surface area contributed by atoms with E-state index in [1.54, 1.807) is 11.5 Å². The largest absolute Gasteiger partial charge is 0.362 e. The third kappa shape index (κ3) is 3.26. The third-order valence-corrected chi connectivity index (χ3v) is 6.17. The summed E-state index contributed by atoms with van der Waals surface area (Å²) in [5, 5.41) is 1.43. The summed E-state index contributed by atoms with van der Waals surface area (Å²) < 4.78 is 4.69. The number of rotatable bonds is 3. The van der Waals surface area contributed by atoms with Crippen molar-refractivity contribution < 1.29 is 0 Å². The van der Waals surface area contributed by atoms with Crippen LogP contribution in [0, 0.1) is 6.92 Å². The van der Waals surface area contributed by atoms with Crippen molar-refractivity contribution in [3.63, 3.8) is 0 Å². The Morgan fingerprint density at radius 1 is 1.05 bits per heavy atom. The normalized spacial score (nSPS) is 22.2. The van der Waals surface area contributed by atoms with E-state index in [1.165, 1.54) is 74.5 Å². The van der Waals surface area contributed by atoms with Gasteiger partial charge in [-0.3, -0.25) is 0 Å². The van der Waals surface area contributed by atoms with Crippen LogP contribution in [-0.2, 0) is 0 Å². The molecule has 3 rings (SSSR count). The lowest BCUT2D eigenvalue weighted by Crippen LogP contribution is -2.46. The predicted molar refractivity (Wildman–Crippen MR) is 91.6 cm³/mol. The van der Waals surface area contributed by atoms with Crippen LogP contribution in [0.15, 0.2) is 0 Å². The Kier molecular flexibility index (Phi) is 4.85. The van der Waals surface area contributed by atoms with Crippen molar-refractivity contribution in [2.45, 2.75) is 64.8 Å². The van der Waals surface area contributed by atoms with Gasteiger partial charge in [-0.25, -0.2) is 0 Å². The number of nitrogens with zero attached hydrogens (tertiary/aromatic N) is 3. The summed E-state index contributed by atoms with van der Waals surface area (Å²) in [7, 11) is 0. The second-order valence-electron chi connectivity index (χ2n) is 6.97. The fourth-order valence-corrected chi connectivity index (χ4v) is 4.96. The van der Waals surface area contributed by atoms with Crippen molar-refractivity contribution in [2.24, 2.45) is 0 Å². The molecule has 0 atom stereocenters. The minimum Gasteiger partial charge on any atom is -0.362 e. The maximum atomic E-state index is 4.69. The van der Waals surface area contributed by atoms with Crippen LogP contribution in [0.25, 0.3) is 0 Å². The quantitative estimate of drug-likeness (QED) is 0.840. The molecule has 2 aliphatic rings. The molecule has 21 heavy (non-hydrogen) atoms. The van der Waals surface area contributed by atoms with E-state index >= 15 is 0 Å². The first-order chi connectivity index (χ1) is 10.2. The predicted octanol–water partition coefficient (Wildman–Crippen LogP) is 4.03. The van der Waals surface area contributed by atoms with E-state index in [-0.39, 0.29) is 0 Å². The van der Waals surface area contributed by atoms with E-state index in [0.29, 0.717) is 5.92 Å². The third-order valence-electron chi connectivity index (χ3n) is 5.14. The van der Waals surface area contributed by atoms with E-state index < -0.39 is 0 Å². The van der Waals surface area contributed by atoms with Crippen LogP contribution in [-0.4, -0.2) is 41.5 Å². The van der Waals surface area contributed by atoms with Crippen LogP contribution in [0.1, 0.15) is 63.1 Å². The van der Waals surface area contributed by atoms with E-state index in [0.717, 1.165) is 6.04 Å². The molecule has 0 aromatic carbocycles. The van der Waals surface area contributed by atoms with Crippen molar-refractivity contribution >= 4 is 16.5 Å². The average molecular weight is 308 g/mol. The molecule has 1 aromatic heterocycles. The topological polar surface area (TPSA) is 19.4 Å². The smallest absolute Gasteiger partial charge is 0.115 e. The van der Waals surface area contributed by atoms with Crippen LogP contribution in [0.4, 0.5) is 5.00 Å². The van der Waals surface area contributed by atoms with Crippen LogP contribution in [0.5, 0.6) is 0 Å². The van der Waals surface area contributed by atoms with Crippen molar-refractivity contribution in [1.82, 2.24) is 9.27 Å². The molecular formula is C17H29N3S. The van der Waals surface area contributed by atoms with E-state index in [9.17, 15) is 0 Å². The molecule has 0 amide bonds. The van der Waals surface area contributed by atoms with E-state index in [2.05, 4.69) is 34.9 Å². The Balaban J connectivity index is 1.60. The lowest BCUT2D eigenvalue weighted by atomic mass is 9.99. The van der Waals surface area contributed by atoms with Crippen LogP contribution in [0.2, 0.25) is 0 Å². The highest BCUT2D eigenvalue weighted by Crippen LogP contribution is 2.34. The summed E-state index contributed by atoms with van der Waals surface area (Å²) in [5.41, 5.74) is 2.72. The van der Waals surface area contributed by atoms with Gasteiger partial charge in [0, 0.05) is 24.7 Å². The number of hydrogen-bond donors (Lipinski definition) is 0. The summed E-state index contributed by atoms with van der Waals surface area (Å²) in [6.45, 7) is 11.8. The van der Waals surface area contributed by atoms with Crippen molar-refractivity contribution in [2.75, 3.05) is 31.1 Å². The van der Waals surface area contributed by atoms with Gasteiger partial charge in [-0.1, -0.05) is 20.3 Å². The number of hydrogen-bond acceptors (Lipinski definition) is 4. The Hall–Kier alpha value is -0.610. The molecular weight excluding hydrogens is 278 g/mol. The van der Waals surface area contributed by atoms with Gasteiger partial charge in [0.15, 0.2) is 0 Å². The minimum absolute atomic E-state index is 0.542. The van der Waals surface area contributed by atoms with Gasteiger partial charge in [0.2, 0.25) is 0 Å². The standard InChI is InChI=1S/C17H29N3S/c1-13(2)16-14(3)17(21-18-16)20-11-7-15(8-12-20)19-9-5-4-6-10-19/h13,15H,4-12H2,1-3H3. The summed E-state index contributed by atoms with van der Waals surface area (Å²) in [4.78, 5) is 5.33. The lowest BCUT2D eigenvalue weighted by molar-refractivity contribution is 0.141. The molecule has 0 aliphatic carbocycles. The second kappa shape index (κ2) is 6.66. The highest BCUT2D eigenvalue weighted by Gasteiger charge is 2.27. The number of piperidine rings is 2. The van der Waals surface area contributed by atoms with E-state index in [4.69, 9.17) is 0 Å². The molecule has 0 saturated carbocycles. The van der Waals surface area contributed by atoms with Gasteiger partial charge in [0.05, 0.1) is 5.69 Å². The van der Waals surface area contributed by atoms with Gasteiger partial charge in [0.25, 0.3) is 0 Å². The Labute approximate surface area is 133 Å². The SMILES string of the molecule is Cc1c(C(C)C)nsc1N1CCC(N2CCCCC2)CC1. The maximum absolute atomic E-state index is 4.69. The molecule has 2 fully saturated rings. The summed E-state index contributed by atoms with van der Waals surface area (Å²) >= 11 is 1.71. The van der Waals surface area contributed by atoms with Crippen molar-refractivity contribution in [3.8, 4) is 0 Å².